The minimum atomic E-state index is -0.214. The first-order valence-electron chi connectivity index (χ1n) is 7.76. The number of hydrogen-bond acceptors (Lipinski definition) is 6. The Morgan fingerprint density at radius 3 is 2.96 bits per heavy atom. The van der Waals surface area contributed by atoms with E-state index in [9.17, 15) is 4.39 Å². The molecule has 0 amide bonds. The Morgan fingerprint density at radius 1 is 1.43 bits per heavy atom. The molecule has 2 unspecified atom stereocenters. The van der Waals surface area contributed by atoms with Crippen LogP contribution in [0.25, 0.3) is 0 Å². The van der Waals surface area contributed by atoms with E-state index in [2.05, 4.69) is 34.3 Å². The summed E-state index contributed by atoms with van der Waals surface area (Å²) in [7, 11) is 2.08. The van der Waals surface area contributed by atoms with Crippen molar-refractivity contribution in [2.75, 3.05) is 32.4 Å². The van der Waals surface area contributed by atoms with Gasteiger partial charge in [-0.3, -0.25) is 4.90 Å². The van der Waals surface area contributed by atoms with Crippen molar-refractivity contribution in [2.24, 2.45) is 0 Å². The predicted molar refractivity (Wildman–Crippen MR) is 88.1 cm³/mol. The smallest absolute Gasteiger partial charge is 0.230 e. The molecule has 7 heteroatoms. The average Bonchev–Trinajstić information content (AvgIpc) is 3.04. The molecular formula is C16H21FN4OS. The number of rotatable bonds is 5. The number of nitrogens with one attached hydrogen (secondary N) is 1. The van der Waals surface area contributed by atoms with Crippen LogP contribution in [-0.2, 0) is 0 Å². The monoisotopic (exact) mass is 336 g/mol. The quantitative estimate of drug-likeness (QED) is 0.847. The highest BCUT2D eigenvalue weighted by Gasteiger charge is 2.26. The molecule has 1 aromatic carbocycles. The fourth-order valence-electron chi connectivity index (χ4n) is 2.50. The van der Waals surface area contributed by atoms with Gasteiger partial charge in [-0.05, 0) is 31.3 Å². The van der Waals surface area contributed by atoms with Gasteiger partial charge in [-0.15, -0.1) is 11.8 Å². The Kier molecular flexibility index (Phi) is 5.30. The van der Waals surface area contributed by atoms with E-state index in [0.717, 1.165) is 36.1 Å². The summed E-state index contributed by atoms with van der Waals surface area (Å²) in [5.74, 6) is 2.15. The lowest BCUT2D eigenvalue weighted by atomic mass is 10.2. The van der Waals surface area contributed by atoms with Crippen molar-refractivity contribution >= 4 is 11.8 Å². The summed E-state index contributed by atoms with van der Waals surface area (Å²) in [6.07, 6.45) is 0. The summed E-state index contributed by atoms with van der Waals surface area (Å²) in [4.78, 5) is 7.85. The number of aromatic nitrogens is 2. The minimum Gasteiger partial charge on any atom is -0.339 e. The van der Waals surface area contributed by atoms with Crippen LogP contribution in [0.1, 0.15) is 30.6 Å². The summed E-state index contributed by atoms with van der Waals surface area (Å²) in [5.41, 5.74) is 0. The van der Waals surface area contributed by atoms with E-state index >= 15 is 0 Å². The number of nitrogens with zero attached hydrogens (tertiary/aromatic N) is 3. The number of benzene rings is 1. The lowest BCUT2D eigenvalue weighted by Gasteiger charge is -2.30. The molecule has 2 heterocycles. The second-order valence-corrected chi connectivity index (χ2v) is 6.95. The zero-order valence-electron chi connectivity index (χ0n) is 13.3. The Morgan fingerprint density at radius 2 is 2.22 bits per heavy atom. The van der Waals surface area contributed by atoms with Crippen LogP contribution in [0.2, 0.25) is 0 Å². The standard InChI is InChI=1S/C16H21FN4OS/c1-11(10-23-13-5-3-12(17)4-6-13)16-19-15(20-22-16)14-9-18-7-8-21(14)2/h3-6,11,14,18H,7-10H2,1-2H3. The number of likely N-dealkylation sites (N-methyl/N-ethyl adjacent to an activating group) is 1. The molecule has 5 nitrogen and oxygen atoms in total. The molecule has 1 saturated heterocycles. The Labute approximate surface area is 139 Å². The summed E-state index contributed by atoms with van der Waals surface area (Å²) >= 11 is 1.66. The van der Waals surface area contributed by atoms with Gasteiger partial charge in [0.25, 0.3) is 0 Å². The van der Waals surface area contributed by atoms with Crippen molar-refractivity contribution in [3.63, 3.8) is 0 Å². The van der Waals surface area contributed by atoms with Crippen molar-refractivity contribution in [1.82, 2.24) is 20.4 Å². The third-order valence-electron chi connectivity index (χ3n) is 4.00. The van der Waals surface area contributed by atoms with Crippen LogP contribution >= 0.6 is 11.8 Å². The molecule has 1 fully saturated rings. The number of piperazine rings is 1. The molecule has 124 valence electrons. The fourth-order valence-corrected chi connectivity index (χ4v) is 3.41. The van der Waals surface area contributed by atoms with Crippen LogP contribution in [-0.4, -0.2) is 47.5 Å². The van der Waals surface area contributed by atoms with E-state index < -0.39 is 0 Å². The van der Waals surface area contributed by atoms with Gasteiger partial charge in [0.15, 0.2) is 5.82 Å². The normalized spacial score (nSPS) is 20.6. The largest absolute Gasteiger partial charge is 0.339 e. The Hall–Kier alpha value is -1.44. The van der Waals surface area contributed by atoms with E-state index in [4.69, 9.17) is 4.52 Å². The number of hydrogen-bond donors (Lipinski definition) is 1. The molecule has 3 rings (SSSR count). The molecule has 1 aliphatic rings. The van der Waals surface area contributed by atoms with Gasteiger partial charge < -0.3 is 9.84 Å². The highest BCUT2D eigenvalue weighted by Crippen LogP contribution is 2.26. The van der Waals surface area contributed by atoms with Gasteiger partial charge in [0, 0.05) is 36.2 Å². The molecule has 0 bridgehead atoms. The van der Waals surface area contributed by atoms with Gasteiger partial charge in [0.05, 0.1) is 6.04 Å². The maximum absolute atomic E-state index is 12.9. The van der Waals surface area contributed by atoms with Crippen LogP contribution in [0.4, 0.5) is 4.39 Å². The van der Waals surface area contributed by atoms with E-state index in [0.29, 0.717) is 5.89 Å². The average molecular weight is 336 g/mol. The molecule has 0 spiro atoms. The Bertz CT molecular complexity index is 633. The first-order chi connectivity index (χ1) is 11.1. The van der Waals surface area contributed by atoms with Gasteiger partial charge in [0.2, 0.25) is 5.89 Å². The van der Waals surface area contributed by atoms with Crippen molar-refractivity contribution in [3.8, 4) is 0 Å². The molecule has 0 radical (unpaired) electrons. The van der Waals surface area contributed by atoms with E-state index in [1.165, 1.54) is 12.1 Å². The van der Waals surface area contributed by atoms with E-state index in [1.807, 2.05) is 0 Å². The highest BCUT2D eigenvalue weighted by molar-refractivity contribution is 7.99. The lowest BCUT2D eigenvalue weighted by Crippen LogP contribution is -2.44. The molecule has 2 aromatic rings. The van der Waals surface area contributed by atoms with Crippen LogP contribution in [0.3, 0.4) is 0 Å². The second-order valence-electron chi connectivity index (χ2n) is 5.86. The van der Waals surface area contributed by atoms with E-state index in [-0.39, 0.29) is 17.8 Å². The third kappa shape index (κ3) is 4.10. The molecule has 1 aromatic heterocycles. The zero-order valence-corrected chi connectivity index (χ0v) is 14.1. The summed E-state index contributed by atoms with van der Waals surface area (Å²) in [6, 6.07) is 6.69. The van der Waals surface area contributed by atoms with Crippen molar-refractivity contribution in [2.45, 2.75) is 23.8 Å². The topological polar surface area (TPSA) is 54.2 Å². The van der Waals surface area contributed by atoms with Gasteiger partial charge in [0.1, 0.15) is 5.82 Å². The van der Waals surface area contributed by atoms with Crippen molar-refractivity contribution in [3.05, 3.63) is 41.8 Å². The summed E-state index contributed by atoms with van der Waals surface area (Å²) < 4.78 is 18.4. The first kappa shape index (κ1) is 16.4. The zero-order chi connectivity index (χ0) is 16.2. The predicted octanol–water partition coefficient (Wildman–Crippen LogP) is 2.68. The number of halogens is 1. The van der Waals surface area contributed by atoms with Crippen LogP contribution in [0.15, 0.2) is 33.7 Å². The summed E-state index contributed by atoms with van der Waals surface area (Å²) in [6.45, 7) is 4.87. The van der Waals surface area contributed by atoms with Crippen molar-refractivity contribution < 1.29 is 8.91 Å². The van der Waals surface area contributed by atoms with E-state index in [1.54, 1.807) is 23.9 Å². The fraction of sp³-hybridized carbons (Fsp3) is 0.500. The molecule has 23 heavy (non-hydrogen) atoms. The van der Waals surface area contributed by atoms with Gasteiger partial charge >= 0.3 is 0 Å². The van der Waals surface area contributed by atoms with Crippen molar-refractivity contribution in [1.29, 1.82) is 0 Å². The minimum absolute atomic E-state index is 0.146. The highest BCUT2D eigenvalue weighted by atomic mass is 32.2. The molecule has 1 N–H and O–H groups in total. The summed E-state index contributed by atoms with van der Waals surface area (Å²) in [5, 5.41) is 7.51. The first-order valence-corrected chi connectivity index (χ1v) is 8.75. The van der Waals surface area contributed by atoms with Crippen LogP contribution in [0.5, 0.6) is 0 Å². The maximum Gasteiger partial charge on any atom is 0.230 e. The lowest BCUT2D eigenvalue weighted by molar-refractivity contribution is 0.190. The van der Waals surface area contributed by atoms with Gasteiger partial charge in [-0.1, -0.05) is 12.1 Å². The van der Waals surface area contributed by atoms with Crippen LogP contribution in [0, 0.1) is 5.82 Å². The number of thioether (sulfide) groups is 1. The third-order valence-corrected chi connectivity index (χ3v) is 5.27. The molecule has 2 atom stereocenters. The SMILES string of the molecule is CC(CSc1ccc(F)cc1)c1nc(C2CNCCN2C)no1. The van der Waals surface area contributed by atoms with Gasteiger partial charge in [-0.25, -0.2) is 4.39 Å². The second kappa shape index (κ2) is 7.42. The molecule has 1 aliphatic heterocycles. The Balaban J connectivity index is 1.59. The van der Waals surface area contributed by atoms with Crippen LogP contribution < -0.4 is 5.32 Å². The molecule has 0 aliphatic carbocycles. The maximum atomic E-state index is 12.9. The molecule has 0 saturated carbocycles. The molecular weight excluding hydrogens is 315 g/mol. The van der Waals surface area contributed by atoms with Gasteiger partial charge in [-0.2, -0.15) is 4.98 Å².